The molecular formula is C34H32O8. The summed E-state index contributed by atoms with van der Waals surface area (Å²) >= 11 is 0. The fourth-order valence-corrected chi connectivity index (χ4v) is 3.74. The molecule has 0 atom stereocenters. The number of rotatable bonds is 10. The SMILES string of the molecule is COc1cc(/C=C/C(=O)c2ccccc2O)cc(OC)c1.COc1cc(/C=C/C(=O)c2ccccc2O)cc(OC)c1. The van der Waals surface area contributed by atoms with Crippen LogP contribution in [0, 0.1) is 0 Å². The van der Waals surface area contributed by atoms with Crippen LogP contribution in [0.5, 0.6) is 34.5 Å². The molecule has 2 N–H and O–H groups in total. The average Bonchev–Trinajstić information content (AvgIpc) is 3.02. The summed E-state index contributed by atoms with van der Waals surface area (Å²) in [4.78, 5) is 24.1. The van der Waals surface area contributed by atoms with Gasteiger partial charge in [0.2, 0.25) is 0 Å². The first kappa shape index (κ1) is 31.0. The summed E-state index contributed by atoms with van der Waals surface area (Å²) in [6, 6.07) is 23.5. The van der Waals surface area contributed by atoms with Gasteiger partial charge < -0.3 is 29.2 Å². The third kappa shape index (κ3) is 8.76. The Labute approximate surface area is 244 Å². The summed E-state index contributed by atoms with van der Waals surface area (Å²) in [5.74, 6) is 1.97. The molecule has 0 aliphatic carbocycles. The van der Waals surface area contributed by atoms with Gasteiger partial charge in [0.25, 0.3) is 0 Å². The van der Waals surface area contributed by atoms with Gasteiger partial charge in [-0.1, -0.05) is 36.4 Å². The summed E-state index contributed by atoms with van der Waals surface area (Å²) in [5.41, 5.74) is 2.08. The zero-order valence-corrected chi connectivity index (χ0v) is 23.7. The number of phenolic OH excluding ortho intramolecular Hbond substituents is 2. The van der Waals surface area contributed by atoms with Gasteiger partial charge >= 0.3 is 0 Å². The Bertz CT molecular complexity index is 1420. The first-order valence-electron chi connectivity index (χ1n) is 12.7. The Morgan fingerprint density at radius 1 is 0.524 bits per heavy atom. The van der Waals surface area contributed by atoms with Gasteiger partial charge in [-0.15, -0.1) is 0 Å². The van der Waals surface area contributed by atoms with E-state index in [1.165, 1.54) is 24.3 Å². The van der Waals surface area contributed by atoms with Gasteiger partial charge in [-0.05, 0) is 71.8 Å². The summed E-state index contributed by atoms with van der Waals surface area (Å²) in [6.07, 6.45) is 6.12. The van der Waals surface area contributed by atoms with E-state index in [2.05, 4.69) is 0 Å². The van der Waals surface area contributed by atoms with E-state index < -0.39 is 0 Å². The highest BCUT2D eigenvalue weighted by Crippen LogP contribution is 2.25. The second kappa shape index (κ2) is 15.3. The van der Waals surface area contributed by atoms with E-state index in [1.807, 2.05) is 0 Å². The highest BCUT2D eigenvalue weighted by Gasteiger charge is 2.08. The molecule has 0 amide bonds. The van der Waals surface area contributed by atoms with Gasteiger partial charge in [0.1, 0.15) is 34.5 Å². The normalized spacial score (nSPS) is 10.6. The zero-order chi connectivity index (χ0) is 30.5. The first-order chi connectivity index (χ1) is 20.3. The van der Waals surface area contributed by atoms with Crippen molar-refractivity contribution in [2.24, 2.45) is 0 Å². The van der Waals surface area contributed by atoms with Crippen molar-refractivity contribution in [3.8, 4) is 34.5 Å². The van der Waals surface area contributed by atoms with Gasteiger partial charge in [0.15, 0.2) is 11.6 Å². The largest absolute Gasteiger partial charge is 0.507 e. The number of ether oxygens (including phenoxy) is 4. The van der Waals surface area contributed by atoms with Crippen molar-refractivity contribution in [3.05, 3.63) is 119 Å². The van der Waals surface area contributed by atoms with Gasteiger partial charge in [-0.25, -0.2) is 0 Å². The van der Waals surface area contributed by atoms with E-state index in [4.69, 9.17) is 18.9 Å². The first-order valence-corrected chi connectivity index (χ1v) is 12.7. The van der Waals surface area contributed by atoms with Crippen molar-refractivity contribution in [2.75, 3.05) is 28.4 Å². The van der Waals surface area contributed by atoms with Crippen molar-refractivity contribution in [1.82, 2.24) is 0 Å². The number of benzene rings is 4. The number of ketones is 2. The van der Waals surface area contributed by atoms with Crippen molar-refractivity contribution in [3.63, 3.8) is 0 Å². The van der Waals surface area contributed by atoms with Gasteiger partial charge in [0, 0.05) is 12.1 Å². The maximum absolute atomic E-state index is 12.0. The molecule has 0 saturated heterocycles. The summed E-state index contributed by atoms with van der Waals surface area (Å²) in [6.45, 7) is 0. The van der Waals surface area contributed by atoms with Crippen molar-refractivity contribution >= 4 is 23.7 Å². The fraction of sp³-hybridized carbons (Fsp3) is 0.118. The predicted octanol–water partition coefficient (Wildman–Crippen LogP) is 6.61. The number of para-hydroxylation sites is 2. The third-order valence-corrected chi connectivity index (χ3v) is 5.94. The molecule has 0 fully saturated rings. The van der Waals surface area contributed by atoms with Gasteiger partial charge in [-0.3, -0.25) is 9.59 Å². The van der Waals surface area contributed by atoms with Crippen molar-refractivity contribution in [1.29, 1.82) is 0 Å². The molecular weight excluding hydrogens is 536 g/mol. The Kier molecular flexibility index (Phi) is 11.3. The van der Waals surface area contributed by atoms with Crippen LogP contribution in [0.25, 0.3) is 12.2 Å². The molecule has 42 heavy (non-hydrogen) atoms. The van der Waals surface area contributed by atoms with Crippen LogP contribution in [0.1, 0.15) is 31.8 Å². The lowest BCUT2D eigenvalue weighted by Gasteiger charge is -2.05. The Morgan fingerprint density at radius 2 is 0.833 bits per heavy atom. The minimum Gasteiger partial charge on any atom is -0.507 e. The van der Waals surface area contributed by atoms with Crippen LogP contribution in [0.15, 0.2) is 97.1 Å². The molecule has 0 saturated carbocycles. The predicted molar refractivity (Wildman–Crippen MR) is 162 cm³/mol. The number of allylic oxidation sites excluding steroid dienone is 2. The second-order valence-corrected chi connectivity index (χ2v) is 8.72. The Hall–Kier alpha value is -5.50. The van der Waals surface area contributed by atoms with Crippen LogP contribution in [0.3, 0.4) is 0 Å². The number of hydrogen-bond donors (Lipinski definition) is 2. The summed E-state index contributed by atoms with van der Waals surface area (Å²) in [5, 5.41) is 19.3. The van der Waals surface area contributed by atoms with Crippen LogP contribution in [0.4, 0.5) is 0 Å². The number of hydrogen-bond acceptors (Lipinski definition) is 8. The lowest BCUT2D eigenvalue weighted by Crippen LogP contribution is -1.94. The standard InChI is InChI=1S/2C17H16O4/c2*1-20-13-9-12(10-14(11-13)21-2)7-8-17(19)15-5-3-4-6-16(15)18/h2*3-11,18H,1-2H3/b2*8-7+. The van der Waals surface area contributed by atoms with E-state index in [-0.39, 0.29) is 34.2 Å². The third-order valence-electron chi connectivity index (χ3n) is 5.94. The van der Waals surface area contributed by atoms with E-state index in [0.717, 1.165) is 11.1 Å². The molecule has 4 aromatic rings. The molecule has 8 heteroatoms. The molecule has 0 heterocycles. The number of methoxy groups -OCH3 is 4. The van der Waals surface area contributed by atoms with E-state index in [1.54, 1.807) is 113 Å². The summed E-state index contributed by atoms with van der Waals surface area (Å²) in [7, 11) is 6.26. The smallest absolute Gasteiger partial charge is 0.189 e. The number of carbonyl (C=O) groups is 2. The molecule has 4 aromatic carbocycles. The van der Waals surface area contributed by atoms with E-state index in [9.17, 15) is 19.8 Å². The second-order valence-electron chi connectivity index (χ2n) is 8.72. The number of phenols is 2. The maximum atomic E-state index is 12.0. The number of aromatic hydroxyl groups is 2. The van der Waals surface area contributed by atoms with Crippen LogP contribution < -0.4 is 18.9 Å². The van der Waals surface area contributed by atoms with Crippen LogP contribution >= 0.6 is 0 Å². The quantitative estimate of drug-likeness (QED) is 0.162. The zero-order valence-electron chi connectivity index (χ0n) is 23.7. The van der Waals surface area contributed by atoms with Gasteiger partial charge in [-0.2, -0.15) is 0 Å². The summed E-state index contributed by atoms with van der Waals surface area (Å²) < 4.78 is 20.7. The van der Waals surface area contributed by atoms with Crippen LogP contribution in [-0.4, -0.2) is 50.2 Å². The fourth-order valence-electron chi connectivity index (χ4n) is 3.74. The maximum Gasteiger partial charge on any atom is 0.189 e. The van der Waals surface area contributed by atoms with E-state index in [0.29, 0.717) is 23.0 Å². The molecule has 0 radical (unpaired) electrons. The molecule has 4 rings (SSSR count). The molecule has 0 spiro atoms. The van der Waals surface area contributed by atoms with Crippen LogP contribution in [-0.2, 0) is 0 Å². The Balaban J connectivity index is 0.000000230. The topological polar surface area (TPSA) is 112 Å². The molecule has 216 valence electrons. The lowest BCUT2D eigenvalue weighted by atomic mass is 10.1. The lowest BCUT2D eigenvalue weighted by molar-refractivity contribution is 0.103. The van der Waals surface area contributed by atoms with E-state index >= 15 is 0 Å². The molecule has 0 aromatic heterocycles. The average molecular weight is 569 g/mol. The van der Waals surface area contributed by atoms with Crippen molar-refractivity contribution < 1.29 is 38.7 Å². The highest BCUT2D eigenvalue weighted by atomic mass is 16.5. The van der Waals surface area contributed by atoms with Crippen LogP contribution in [0.2, 0.25) is 0 Å². The monoisotopic (exact) mass is 568 g/mol. The molecule has 0 aliphatic heterocycles. The van der Waals surface area contributed by atoms with Crippen molar-refractivity contribution in [2.45, 2.75) is 0 Å². The Morgan fingerprint density at radius 3 is 1.12 bits per heavy atom. The molecule has 0 bridgehead atoms. The molecule has 0 aliphatic rings. The minimum atomic E-state index is -0.269. The minimum absolute atomic E-state index is 0.0321. The molecule has 0 unspecified atom stereocenters. The number of carbonyl (C=O) groups excluding carboxylic acids is 2. The highest BCUT2D eigenvalue weighted by molar-refractivity contribution is 6.09. The molecule has 8 nitrogen and oxygen atoms in total. The van der Waals surface area contributed by atoms with Gasteiger partial charge in [0.05, 0.1) is 39.6 Å².